The van der Waals surface area contributed by atoms with Crippen LogP contribution in [0.25, 0.3) is 0 Å². The standard InChI is InChI=1S/C8H21NO3Si.H3N/c1-6-8(9,7-2)13(10-3,11-4)12-5;/h6-7,9H2,1-5H3;1H3. The molecule has 0 rings (SSSR count). The topological polar surface area (TPSA) is 88.7 Å². The maximum absolute atomic E-state index is 6.19. The van der Waals surface area contributed by atoms with Crippen LogP contribution < -0.4 is 11.9 Å². The molecular weight excluding hydrogens is 200 g/mol. The fraction of sp³-hybridized carbons (Fsp3) is 1.00. The fourth-order valence-corrected chi connectivity index (χ4v) is 4.13. The third-order valence-corrected chi connectivity index (χ3v) is 6.22. The largest absolute Gasteiger partial charge is 0.521 e. The van der Waals surface area contributed by atoms with Gasteiger partial charge in [0, 0.05) is 21.3 Å². The second-order valence-corrected chi connectivity index (χ2v) is 6.36. The van der Waals surface area contributed by atoms with E-state index in [0.29, 0.717) is 0 Å². The van der Waals surface area contributed by atoms with Gasteiger partial charge in [0.15, 0.2) is 0 Å². The van der Waals surface area contributed by atoms with Gasteiger partial charge in [-0.05, 0) is 12.8 Å². The Morgan fingerprint density at radius 1 is 1.00 bits per heavy atom. The maximum atomic E-state index is 6.19. The molecule has 5 N–H and O–H groups in total. The first kappa shape index (κ1) is 16.4. The number of nitrogens with two attached hydrogens (primary N) is 1. The van der Waals surface area contributed by atoms with E-state index in [0.717, 1.165) is 12.8 Å². The van der Waals surface area contributed by atoms with E-state index in [1.807, 2.05) is 13.8 Å². The lowest BCUT2D eigenvalue weighted by Crippen LogP contribution is -2.68. The van der Waals surface area contributed by atoms with Crippen molar-refractivity contribution < 1.29 is 13.3 Å². The molecule has 0 atom stereocenters. The van der Waals surface area contributed by atoms with Crippen molar-refractivity contribution in [2.24, 2.45) is 5.73 Å². The molecule has 0 saturated heterocycles. The van der Waals surface area contributed by atoms with Crippen molar-refractivity contribution in [3.05, 3.63) is 0 Å². The molecule has 0 aliphatic rings. The molecule has 0 spiro atoms. The monoisotopic (exact) mass is 224 g/mol. The quantitative estimate of drug-likeness (QED) is 0.659. The van der Waals surface area contributed by atoms with Crippen LogP contribution in [-0.4, -0.2) is 35.3 Å². The summed E-state index contributed by atoms with van der Waals surface area (Å²) in [6.07, 6.45) is 1.57. The van der Waals surface area contributed by atoms with E-state index in [1.165, 1.54) is 0 Å². The Morgan fingerprint density at radius 2 is 1.29 bits per heavy atom. The molecule has 5 nitrogen and oxygen atoms in total. The molecule has 0 aliphatic carbocycles. The van der Waals surface area contributed by atoms with Crippen molar-refractivity contribution in [2.75, 3.05) is 21.3 Å². The highest BCUT2D eigenvalue weighted by atomic mass is 28.4. The van der Waals surface area contributed by atoms with Crippen molar-refractivity contribution >= 4 is 8.80 Å². The van der Waals surface area contributed by atoms with Gasteiger partial charge in [-0.2, -0.15) is 0 Å². The van der Waals surface area contributed by atoms with Crippen molar-refractivity contribution in [3.63, 3.8) is 0 Å². The average Bonchev–Trinajstić information content (AvgIpc) is 2.20. The van der Waals surface area contributed by atoms with Gasteiger partial charge >= 0.3 is 8.80 Å². The van der Waals surface area contributed by atoms with E-state index >= 15 is 0 Å². The molecule has 0 aromatic heterocycles. The average molecular weight is 224 g/mol. The van der Waals surface area contributed by atoms with Crippen LogP contribution in [0.5, 0.6) is 0 Å². The molecule has 0 fully saturated rings. The van der Waals surface area contributed by atoms with E-state index in [9.17, 15) is 0 Å². The van der Waals surface area contributed by atoms with Crippen molar-refractivity contribution in [3.8, 4) is 0 Å². The van der Waals surface area contributed by atoms with Crippen LogP contribution in [0.15, 0.2) is 0 Å². The van der Waals surface area contributed by atoms with Gasteiger partial charge in [-0.15, -0.1) is 0 Å². The number of hydrogen-bond donors (Lipinski definition) is 2. The van der Waals surface area contributed by atoms with Gasteiger partial charge in [-0.25, -0.2) is 0 Å². The molecule has 14 heavy (non-hydrogen) atoms. The zero-order valence-electron chi connectivity index (χ0n) is 9.92. The molecule has 0 amide bonds. The highest BCUT2D eigenvalue weighted by Crippen LogP contribution is 2.26. The summed E-state index contributed by atoms with van der Waals surface area (Å²) in [7, 11) is 2.08. The van der Waals surface area contributed by atoms with E-state index in [4.69, 9.17) is 19.0 Å². The lowest BCUT2D eigenvalue weighted by atomic mass is 10.2. The minimum atomic E-state index is -2.69. The molecule has 0 aliphatic heterocycles. The molecule has 0 unspecified atom stereocenters. The summed E-state index contributed by atoms with van der Waals surface area (Å²) >= 11 is 0. The predicted octanol–water partition coefficient (Wildman–Crippen LogP) is 1.08. The van der Waals surface area contributed by atoms with Gasteiger partial charge < -0.3 is 25.2 Å². The zero-order chi connectivity index (χ0) is 10.5. The van der Waals surface area contributed by atoms with Gasteiger partial charge in [0.25, 0.3) is 0 Å². The van der Waals surface area contributed by atoms with Crippen LogP contribution in [0.4, 0.5) is 0 Å². The van der Waals surface area contributed by atoms with Crippen LogP contribution in [-0.2, 0) is 13.3 Å². The van der Waals surface area contributed by atoms with Crippen LogP contribution >= 0.6 is 0 Å². The summed E-state index contributed by atoms with van der Waals surface area (Å²) in [6.45, 7) is 4.03. The second-order valence-electron chi connectivity index (χ2n) is 3.03. The Kier molecular flexibility index (Phi) is 7.63. The van der Waals surface area contributed by atoms with E-state index < -0.39 is 14.0 Å². The number of rotatable bonds is 6. The summed E-state index contributed by atoms with van der Waals surface area (Å²) in [5.41, 5.74) is 6.19. The zero-order valence-corrected chi connectivity index (χ0v) is 10.9. The Bertz CT molecular complexity index is 141. The molecule has 0 aromatic carbocycles. The molecular formula is C8H24N2O3Si. The highest BCUT2D eigenvalue weighted by Gasteiger charge is 2.55. The lowest BCUT2D eigenvalue weighted by Gasteiger charge is -2.39. The van der Waals surface area contributed by atoms with Crippen LogP contribution in [0, 0.1) is 0 Å². The minimum absolute atomic E-state index is 0. The van der Waals surface area contributed by atoms with E-state index in [-0.39, 0.29) is 6.15 Å². The smallest absolute Gasteiger partial charge is 0.376 e. The van der Waals surface area contributed by atoms with E-state index in [2.05, 4.69) is 0 Å². The molecule has 0 aromatic rings. The summed E-state index contributed by atoms with van der Waals surface area (Å²) in [5, 5.41) is -0.481. The third-order valence-electron chi connectivity index (χ3n) is 2.68. The van der Waals surface area contributed by atoms with Crippen LogP contribution in [0.2, 0.25) is 0 Å². The van der Waals surface area contributed by atoms with Crippen molar-refractivity contribution in [1.29, 1.82) is 0 Å². The normalized spacial score (nSPS) is 12.4. The summed E-state index contributed by atoms with van der Waals surface area (Å²) in [6, 6.07) is 0. The first-order valence-corrected chi connectivity index (χ1v) is 6.22. The Morgan fingerprint density at radius 3 is 1.36 bits per heavy atom. The first-order valence-electron chi connectivity index (χ1n) is 4.50. The lowest BCUT2D eigenvalue weighted by molar-refractivity contribution is 0.0888. The van der Waals surface area contributed by atoms with Crippen molar-refractivity contribution in [1.82, 2.24) is 6.15 Å². The molecule has 0 radical (unpaired) electrons. The van der Waals surface area contributed by atoms with Gasteiger partial charge in [0.1, 0.15) is 0 Å². The van der Waals surface area contributed by atoms with Crippen LogP contribution in [0.3, 0.4) is 0 Å². The van der Waals surface area contributed by atoms with Gasteiger partial charge in [0.2, 0.25) is 0 Å². The Hall–Kier alpha value is 0.0169. The minimum Gasteiger partial charge on any atom is -0.376 e. The van der Waals surface area contributed by atoms with Crippen molar-refractivity contribution in [2.45, 2.75) is 31.9 Å². The SMILES string of the molecule is CCC(N)(CC)[Si](OC)(OC)OC.N. The van der Waals surface area contributed by atoms with Gasteiger partial charge in [0.05, 0.1) is 5.16 Å². The summed E-state index contributed by atoms with van der Waals surface area (Å²) in [5.74, 6) is 0. The molecule has 6 heteroatoms. The summed E-state index contributed by atoms with van der Waals surface area (Å²) < 4.78 is 16.1. The Balaban J connectivity index is 0. The van der Waals surface area contributed by atoms with Gasteiger partial charge in [-0.3, -0.25) is 0 Å². The molecule has 0 bridgehead atoms. The highest BCUT2D eigenvalue weighted by molar-refractivity contribution is 6.64. The summed E-state index contributed by atoms with van der Waals surface area (Å²) in [4.78, 5) is 0. The number of hydrogen-bond acceptors (Lipinski definition) is 5. The van der Waals surface area contributed by atoms with E-state index in [1.54, 1.807) is 21.3 Å². The maximum Gasteiger partial charge on any atom is 0.521 e. The molecule has 88 valence electrons. The Labute approximate surface area is 87.9 Å². The second kappa shape index (κ2) is 6.49. The fourth-order valence-electron chi connectivity index (χ4n) is 1.54. The third kappa shape index (κ3) is 2.53. The molecule has 0 saturated carbocycles. The van der Waals surface area contributed by atoms with Crippen LogP contribution in [0.1, 0.15) is 26.7 Å². The first-order chi connectivity index (χ1) is 6.05. The molecule has 0 heterocycles. The van der Waals surface area contributed by atoms with Gasteiger partial charge in [-0.1, -0.05) is 13.8 Å². The predicted molar refractivity (Wildman–Crippen MR) is 59.3 cm³/mol.